The minimum Gasteiger partial charge on any atom is -0.316 e. The van der Waals surface area contributed by atoms with Gasteiger partial charge >= 0.3 is 0 Å². The van der Waals surface area contributed by atoms with Gasteiger partial charge < -0.3 is 10.2 Å². The van der Waals surface area contributed by atoms with Crippen molar-refractivity contribution in [3.8, 4) is 0 Å². The highest BCUT2D eigenvalue weighted by Crippen LogP contribution is 2.20. The summed E-state index contributed by atoms with van der Waals surface area (Å²) in [5.41, 5.74) is 0. The van der Waals surface area contributed by atoms with Gasteiger partial charge in [-0.1, -0.05) is 27.2 Å². The summed E-state index contributed by atoms with van der Waals surface area (Å²) in [7, 11) is 2.09. The molecular weight excluding hydrogens is 172 g/mol. The number of likely N-dealkylation sites (N-methyl/N-ethyl adjacent to an activating group) is 1. The predicted molar refractivity (Wildman–Crippen MR) is 62.5 cm³/mol. The van der Waals surface area contributed by atoms with Gasteiger partial charge in [0.05, 0.1) is 0 Å². The SMILES string of the molecule is CCC1CC(NC)CN(CC(C)C)C1. The second-order valence-corrected chi connectivity index (χ2v) is 5.11. The molecule has 0 radical (unpaired) electrons. The molecule has 1 heterocycles. The van der Waals surface area contributed by atoms with Gasteiger partial charge in [0.25, 0.3) is 0 Å². The zero-order chi connectivity index (χ0) is 10.6. The lowest BCUT2D eigenvalue weighted by molar-refractivity contribution is 0.129. The maximum atomic E-state index is 3.43. The molecule has 0 aromatic heterocycles. The molecule has 1 aliphatic heterocycles. The highest BCUT2D eigenvalue weighted by Gasteiger charge is 2.25. The molecule has 0 aromatic carbocycles. The van der Waals surface area contributed by atoms with E-state index in [0.29, 0.717) is 6.04 Å². The Labute approximate surface area is 89.1 Å². The fraction of sp³-hybridized carbons (Fsp3) is 1.00. The maximum absolute atomic E-state index is 3.43. The Morgan fingerprint density at radius 1 is 1.36 bits per heavy atom. The van der Waals surface area contributed by atoms with Crippen LogP contribution in [0.3, 0.4) is 0 Å². The summed E-state index contributed by atoms with van der Waals surface area (Å²) < 4.78 is 0. The van der Waals surface area contributed by atoms with Crippen LogP contribution in [0.2, 0.25) is 0 Å². The smallest absolute Gasteiger partial charge is 0.0195 e. The molecule has 0 amide bonds. The summed E-state index contributed by atoms with van der Waals surface area (Å²) in [4.78, 5) is 2.63. The summed E-state index contributed by atoms with van der Waals surface area (Å²) in [5, 5.41) is 3.43. The van der Waals surface area contributed by atoms with Crippen molar-refractivity contribution in [1.29, 1.82) is 0 Å². The first kappa shape index (κ1) is 12.0. The van der Waals surface area contributed by atoms with Gasteiger partial charge in [-0.2, -0.15) is 0 Å². The van der Waals surface area contributed by atoms with E-state index in [1.807, 2.05) is 0 Å². The summed E-state index contributed by atoms with van der Waals surface area (Å²) in [6.45, 7) is 10.7. The maximum Gasteiger partial charge on any atom is 0.0195 e. The first-order valence-corrected chi connectivity index (χ1v) is 6.05. The lowest BCUT2D eigenvalue weighted by Crippen LogP contribution is -2.49. The van der Waals surface area contributed by atoms with Crippen LogP contribution >= 0.6 is 0 Å². The lowest BCUT2D eigenvalue weighted by Gasteiger charge is -2.38. The average molecular weight is 198 g/mol. The average Bonchev–Trinajstić information content (AvgIpc) is 2.16. The Hall–Kier alpha value is -0.0800. The van der Waals surface area contributed by atoms with E-state index >= 15 is 0 Å². The van der Waals surface area contributed by atoms with Gasteiger partial charge in [0, 0.05) is 25.7 Å². The van der Waals surface area contributed by atoms with Gasteiger partial charge in [0.15, 0.2) is 0 Å². The number of hydrogen-bond acceptors (Lipinski definition) is 2. The summed E-state index contributed by atoms with van der Waals surface area (Å²) in [5.74, 6) is 1.70. The van der Waals surface area contributed by atoms with Gasteiger partial charge in [-0.25, -0.2) is 0 Å². The van der Waals surface area contributed by atoms with Crippen molar-refractivity contribution < 1.29 is 0 Å². The molecule has 2 nitrogen and oxygen atoms in total. The summed E-state index contributed by atoms with van der Waals surface area (Å²) in [6.07, 6.45) is 2.69. The summed E-state index contributed by atoms with van der Waals surface area (Å²) >= 11 is 0. The van der Waals surface area contributed by atoms with Crippen LogP contribution in [0.15, 0.2) is 0 Å². The highest BCUT2D eigenvalue weighted by molar-refractivity contribution is 4.82. The molecular formula is C12H26N2. The molecule has 1 fully saturated rings. The third-order valence-corrected chi connectivity index (χ3v) is 3.22. The first-order valence-electron chi connectivity index (χ1n) is 6.05. The van der Waals surface area contributed by atoms with E-state index in [1.165, 1.54) is 32.5 Å². The lowest BCUT2D eigenvalue weighted by atomic mass is 9.91. The van der Waals surface area contributed by atoms with Crippen molar-refractivity contribution in [2.24, 2.45) is 11.8 Å². The molecule has 1 saturated heterocycles. The molecule has 0 aliphatic carbocycles. The van der Waals surface area contributed by atoms with E-state index in [4.69, 9.17) is 0 Å². The molecule has 2 atom stereocenters. The van der Waals surface area contributed by atoms with E-state index in [-0.39, 0.29) is 0 Å². The molecule has 2 heteroatoms. The Kier molecular flexibility index (Phi) is 4.90. The van der Waals surface area contributed by atoms with Crippen LogP contribution in [0.1, 0.15) is 33.6 Å². The van der Waals surface area contributed by atoms with Gasteiger partial charge in [0.2, 0.25) is 0 Å². The number of hydrogen-bond donors (Lipinski definition) is 1. The van der Waals surface area contributed by atoms with Crippen LogP contribution < -0.4 is 5.32 Å². The molecule has 0 spiro atoms. The third-order valence-electron chi connectivity index (χ3n) is 3.22. The predicted octanol–water partition coefficient (Wildman–Crippen LogP) is 1.96. The summed E-state index contributed by atoms with van der Waals surface area (Å²) in [6, 6.07) is 0.715. The van der Waals surface area contributed by atoms with E-state index in [0.717, 1.165) is 11.8 Å². The number of nitrogens with one attached hydrogen (secondary N) is 1. The van der Waals surface area contributed by atoms with Crippen molar-refractivity contribution >= 4 is 0 Å². The van der Waals surface area contributed by atoms with E-state index in [2.05, 4.69) is 38.0 Å². The van der Waals surface area contributed by atoms with E-state index in [9.17, 15) is 0 Å². The quantitative estimate of drug-likeness (QED) is 0.743. The Morgan fingerprint density at radius 2 is 2.07 bits per heavy atom. The number of likely N-dealkylation sites (tertiary alicyclic amines) is 1. The molecule has 1 rings (SSSR count). The molecule has 14 heavy (non-hydrogen) atoms. The second kappa shape index (κ2) is 5.72. The second-order valence-electron chi connectivity index (χ2n) is 5.11. The van der Waals surface area contributed by atoms with Crippen molar-refractivity contribution in [2.75, 3.05) is 26.7 Å². The topological polar surface area (TPSA) is 15.3 Å². The fourth-order valence-electron chi connectivity index (χ4n) is 2.47. The molecule has 0 saturated carbocycles. The molecule has 84 valence electrons. The monoisotopic (exact) mass is 198 g/mol. The highest BCUT2D eigenvalue weighted by atomic mass is 15.2. The minimum atomic E-state index is 0.715. The minimum absolute atomic E-state index is 0.715. The van der Waals surface area contributed by atoms with Gasteiger partial charge in [-0.05, 0) is 25.3 Å². The Morgan fingerprint density at radius 3 is 2.57 bits per heavy atom. The third kappa shape index (κ3) is 3.58. The van der Waals surface area contributed by atoms with Crippen LogP contribution in [-0.4, -0.2) is 37.6 Å². The van der Waals surface area contributed by atoms with Crippen LogP contribution in [-0.2, 0) is 0 Å². The first-order chi connectivity index (χ1) is 6.65. The molecule has 0 bridgehead atoms. The zero-order valence-electron chi connectivity index (χ0n) is 10.2. The van der Waals surface area contributed by atoms with Crippen LogP contribution in [0, 0.1) is 11.8 Å². The van der Waals surface area contributed by atoms with Crippen molar-refractivity contribution in [3.63, 3.8) is 0 Å². The molecule has 1 N–H and O–H groups in total. The standard InChI is InChI=1S/C12H26N2/c1-5-11-6-12(13-4)9-14(8-11)7-10(2)3/h10-13H,5-9H2,1-4H3. The number of rotatable bonds is 4. The van der Waals surface area contributed by atoms with Gasteiger partial charge in [-0.15, -0.1) is 0 Å². The number of nitrogens with zero attached hydrogens (tertiary/aromatic N) is 1. The van der Waals surface area contributed by atoms with E-state index < -0.39 is 0 Å². The molecule has 2 unspecified atom stereocenters. The van der Waals surface area contributed by atoms with Crippen LogP contribution in [0.5, 0.6) is 0 Å². The fourth-order valence-corrected chi connectivity index (χ4v) is 2.47. The van der Waals surface area contributed by atoms with E-state index in [1.54, 1.807) is 0 Å². The Balaban J connectivity index is 2.42. The number of piperidine rings is 1. The molecule has 1 aliphatic rings. The van der Waals surface area contributed by atoms with Gasteiger partial charge in [0.1, 0.15) is 0 Å². The normalized spacial score (nSPS) is 29.8. The van der Waals surface area contributed by atoms with Crippen LogP contribution in [0.4, 0.5) is 0 Å². The van der Waals surface area contributed by atoms with Crippen LogP contribution in [0.25, 0.3) is 0 Å². The van der Waals surface area contributed by atoms with Crippen molar-refractivity contribution in [3.05, 3.63) is 0 Å². The molecule has 0 aromatic rings. The van der Waals surface area contributed by atoms with Crippen molar-refractivity contribution in [2.45, 2.75) is 39.7 Å². The largest absolute Gasteiger partial charge is 0.316 e. The zero-order valence-corrected chi connectivity index (χ0v) is 10.2. The Bertz CT molecular complexity index is 144. The van der Waals surface area contributed by atoms with Crippen molar-refractivity contribution in [1.82, 2.24) is 10.2 Å². The van der Waals surface area contributed by atoms with Gasteiger partial charge in [-0.3, -0.25) is 0 Å².